The van der Waals surface area contributed by atoms with E-state index in [2.05, 4.69) is 0 Å². The lowest BCUT2D eigenvalue weighted by molar-refractivity contribution is -0.145. The molecule has 1 N–H and O–H groups in total. The van der Waals surface area contributed by atoms with Gasteiger partial charge in [0, 0.05) is 0 Å². The van der Waals surface area contributed by atoms with Crippen molar-refractivity contribution in [3.63, 3.8) is 0 Å². The first-order valence-corrected chi connectivity index (χ1v) is 5.30. The molecule has 0 bridgehead atoms. The molecule has 0 fully saturated rings. The van der Waals surface area contributed by atoms with Gasteiger partial charge >= 0.3 is 5.97 Å². The molecule has 0 aliphatic rings. The van der Waals surface area contributed by atoms with Crippen molar-refractivity contribution < 1.29 is 19.2 Å². The largest absolute Gasteiger partial charge is 0.460 e. The second-order valence-electron chi connectivity index (χ2n) is 2.90. The van der Waals surface area contributed by atoms with Crippen LogP contribution in [0.5, 0.6) is 0 Å². The van der Waals surface area contributed by atoms with Crippen molar-refractivity contribution in [2.45, 2.75) is 12.3 Å². The van der Waals surface area contributed by atoms with Gasteiger partial charge in [0.05, 0.1) is 6.61 Å². The normalized spacial score (nSPS) is 12.3. The molecular formula is C10H11O4P. The third-order valence-corrected chi connectivity index (χ3v) is 2.42. The van der Waals surface area contributed by atoms with Crippen LogP contribution in [0.2, 0.25) is 0 Å². The zero-order valence-corrected chi connectivity index (χ0v) is 8.89. The summed E-state index contributed by atoms with van der Waals surface area (Å²) in [4.78, 5) is 11.2. The smallest absolute Gasteiger partial charge is 0.323 e. The molecule has 15 heavy (non-hydrogen) atoms. The average molecular weight is 226 g/mol. The highest BCUT2D eigenvalue weighted by molar-refractivity contribution is 7.26. The van der Waals surface area contributed by atoms with Gasteiger partial charge in [0.15, 0.2) is 14.1 Å². The number of carbonyl (C=O) groups is 1. The minimum Gasteiger partial charge on any atom is -0.460 e. The van der Waals surface area contributed by atoms with Crippen molar-refractivity contribution in [1.82, 2.24) is 0 Å². The average Bonchev–Trinajstić information content (AvgIpc) is 2.29. The standard InChI is InChI=1S/C10H11O4P/c11-6-9(15-13)10(12)14-7-8-4-2-1-3-5-8/h1-5,9,11H,6-7H2. The molecule has 0 radical (unpaired) electrons. The van der Waals surface area contributed by atoms with Gasteiger partial charge in [0.1, 0.15) is 6.61 Å². The molecule has 80 valence electrons. The highest BCUT2D eigenvalue weighted by Crippen LogP contribution is 2.09. The van der Waals surface area contributed by atoms with Crippen molar-refractivity contribution in [3.8, 4) is 0 Å². The van der Waals surface area contributed by atoms with E-state index in [1.807, 2.05) is 30.3 Å². The lowest BCUT2D eigenvalue weighted by Crippen LogP contribution is -2.21. The highest BCUT2D eigenvalue weighted by Gasteiger charge is 2.19. The number of benzene rings is 1. The van der Waals surface area contributed by atoms with E-state index >= 15 is 0 Å². The number of aliphatic hydroxyl groups excluding tert-OH is 1. The highest BCUT2D eigenvalue weighted by atomic mass is 31.1. The van der Waals surface area contributed by atoms with Gasteiger partial charge < -0.3 is 9.84 Å². The first kappa shape index (κ1) is 11.8. The Morgan fingerprint density at radius 3 is 2.60 bits per heavy atom. The molecule has 1 rings (SSSR count). The van der Waals surface area contributed by atoms with Crippen LogP contribution in [0.3, 0.4) is 0 Å². The molecule has 0 aliphatic heterocycles. The first-order chi connectivity index (χ1) is 7.27. The topological polar surface area (TPSA) is 63.6 Å². The van der Waals surface area contributed by atoms with Crippen LogP contribution in [0.25, 0.3) is 0 Å². The Morgan fingerprint density at radius 1 is 1.40 bits per heavy atom. The lowest BCUT2D eigenvalue weighted by Gasteiger charge is -2.06. The number of hydrogen-bond acceptors (Lipinski definition) is 4. The van der Waals surface area contributed by atoms with Gasteiger partial charge in [-0.1, -0.05) is 30.3 Å². The van der Waals surface area contributed by atoms with Gasteiger partial charge in [-0.25, -0.2) is 0 Å². The lowest BCUT2D eigenvalue weighted by atomic mass is 10.2. The maximum atomic E-state index is 11.2. The van der Waals surface area contributed by atoms with E-state index in [0.29, 0.717) is 0 Å². The minimum atomic E-state index is -0.978. The summed E-state index contributed by atoms with van der Waals surface area (Å²) in [5, 5.41) is 8.69. The number of carbonyl (C=O) groups excluding carboxylic acids is 1. The summed E-state index contributed by atoms with van der Waals surface area (Å²) in [5.41, 5.74) is -0.126. The molecule has 0 heterocycles. The quantitative estimate of drug-likeness (QED) is 0.608. The van der Waals surface area contributed by atoms with Crippen LogP contribution in [0.1, 0.15) is 5.56 Å². The number of aliphatic hydroxyl groups is 1. The summed E-state index contributed by atoms with van der Waals surface area (Å²) in [6.07, 6.45) is 0. The van der Waals surface area contributed by atoms with E-state index in [-0.39, 0.29) is 6.61 Å². The fourth-order valence-corrected chi connectivity index (χ4v) is 1.20. The number of esters is 1. The fourth-order valence-electron chi connectivity index (χ4n) is 0.976. The molecule has 0 aromatic heterocycles. The summed E-state index contributed by atoms with van der Waals surface area (Å²) < 4.78 is 15.3. The summed E-state index contributed by atoms with van der Waals surface area (Å²) in [6.45, 7) is -0.343. The molecule has 0 spiro atoms. The number of ether oxygens (including phenoxy) is 1. The van der Waals surface area contributed by atoms with Crippen molar-refractivity contribution >= 4 is 14.4 Å². The first-order valence-electron chi connectivity index (χ1n) is 4.42. The molecule has 1 unspecified atom stereocenters. The van der Waals surface area contributed by atoms with Crippen LogP contribution in [0.4, 0.5) is 0 Å². The van der Waals surface area contributed by atoms with Gasteiger partial charge in [-0.05, 0) is 5.56 Å². The van der Waals surface area contributed by atoms with E-state index in [9.17, 15) is 9.36 Å². The Kier molecular flexibility index (Phi) is 4.95. The van der Waals surface area contributed by atoms with Gasteiger partial charge in [0.2, 0.25) is 0 Å². The number of rotatable bonds is 5. The van der Waals surface area contributed by atoms with Crippen LogP contribution in [0, 0.1) is 0 Å². The zero-order chi connectivity index (χ0) is 11.1. The summed E-state index contributed by atoms with van der Waals surface area (Å²) in [7, 11) is -0.420. The van der Waals surface area contributed by atoms with Gasteiger partial charge in [-0.2, -0.15) is 0 Å². The third kappa shape index (κ3) is 3.78. The third-order valence-electron chi connectivity index (χ3n) is 1.80. The van der Waals surface area contributed by atoms with Crippen LogP contribution in [-0.2, 0) is 20.7 Å². The SMILES string of the molecule is O=PC(CO)C(=O)OCc1ccccc1. The molecule has 0 amide bonds. The maximum Gasteiger partial charge on any atom is 0.323 e. The van der Waals surface area contributed by atoms with Gasteiger partial charge in [0.25, 0.3) is 0 Å². The fraction of sp³-hybridized carbons (Fsp3) is 0.300. The molecule has 4 nitrogen and oxygen atoms in total. The van der Waals surface area contributed by atoms with Crippen LogP contribution >= 0.6 is 8.46 Å². The Bertz CT molecular complexity index is 325. The predicted molar refractivity (Wildman–Crippen MR) is 54.7 cm³/mol. The Labute approximate surface area is 89.1 Å². The molecular weight excluding hydrogens is 215 g/mol. The van der Waals surface area contributed by atoms with Gasteiger partial charge in [-0.15, -0.1) is 0 Å². The van der Waals surface area contributed by atoms with E-state index < -0.39 is 26.7 Å². The Hall–Kier alpha value is -1.25. The minimum absolute atomic E-state index is 0.131. The maximum absolute atomic E-state index is 11.2. The molecule has 0 aliphatic carbocycles. The Balaban J connectivity index is 2.44. The molecule has 0 saturated carbocycles. The number of hydrogen-bond donors (Lipinski definition) is 1. The van der Waals surface area contributed by atoms with Crippen LogP contribution < -0.4 is 0 Å². The zero-order valence-electron chi connectivity index (χ0n) is 8.00. The molecule has 1 aromatic rings. The second-order valence-corrected chi connectivity index (χ2v) is 3.73. The van der Waals surface area contributed by atoms with Crippen molar-refractivity contribution in [3.05, 3.63) is 35.9 Å². The molecule has 1 aromatic carbocycles. The van der Waals surface area contributed by atoms with E-state index in [0.717, 1.165) is 5.56 Å². The Morgan fingerprint density at radius 2 is 2.07 bits per heavy atom. The van der Waals surface area contributed by atoms with Crippen LogP contribution in [0.15, 0.2) is 30.3 Å². The summed E-state index contributed by atoms with van der Waals surface area (Å²) >= 11 is 0. The van der Waals surface area contributed by atoms with E-state index in [4.69, 9.17) is 9.84 Å². The van der Waals surface area contributed by atoms with Gasteiger partial charge in [-0.3, -0.25) is 9.36 Å². The van der Waals surface area contributed by atoms with Crippen LogP contribution in [-0.4, -0.2) is 23.3 Å². The van der Waals surface area contributed by atoms with Crippen molar-refractivity contribution in [2.75, 3.05) is 6.61 Å². The van der Waals surface area contributed by atoms with Crippen molar-refractivity contribution in [2.24, 2.45) is 0 Å². The summed E-state index contributed by atoms with van der Waals surface area (Å²) in [6, 6.07) is 9.15. The molecule has 5 heteroatoms. The second kappa shape index (κ2) is 6.27. The van der Waals surface area contributed by atoms with E-state index in [1.165, 1.54) is 0 Å². The van der Waals surface area contributed by atoms with Crippen molar-refractivity contribution in [1.29, 1.82) is 0 Å². The summed E-state index contributed by atoms with van der Waals surface area (Å²) in [5.74, 6) is -0.655. The van der Waals surface area contributed by atoms with E-state index in [1.54, 1.807) is 0 Å². The monoisotopic (exact) mass is 226 g/mol. The molecule has 1 atom stereocenters. The molecule has 0 saturated heterocycles. The predicted octanol–water partition coefficient (Wildman–Crippen LogP) is 1.38.